The number of halogens is 3. The highest BCUT2D eigenvalue weighted by atomic mass is 35.5. The molecule has 1 amide bonds. The van der Waals surface area contributed by atoms with Crippen molar-refractivity contribution in [1.82, 2.24) is 9.38 Å². The molecule has 0 spiro atoms. The van der Waals surface area contributed by atoms with Gasteiger partial charge in [-0.05, 0) is 30.3 Å². The molecule has 1 aromatic carbocycles. The zero-order chi connectivity index (χ0) is 19.4. The van der Waals surface area contributed by atoms with Gasteiger partial charge in [-0.25, -0.2) is 18.6 Å². The van der Waals surface area contributed by atoms with E-state index in [1.54, 1.807) is 28.8 Å². The van der Waals surface area contributed by atoms with Crippen LogP contribution in [0.2, 0.25) is 5.15 Å². The van der Waals surface area contributed by atoms with E-state index in [4.69, 9.17) is 16.3 Å². The largest absolute Gasteiger partial charge is 0.452 e. The van der Waals surface area contributed by atoms with Gasteiger partial charge in [0.15, 0.2) is 11.8 Å². The van der Waals surface area contributed by atoms with Crippen LogP contribution >= 0.6 is 11.6 Å². The van der Waals surface area contributed by atoms with Gasteiger partial charge in [-0.15, -0.1) is 0 Å². The van der Waals surface area contributed by atoms with Crippen molar-refractivity contribution < 1.29 is 23.1 Å². The lowest BCUT2D eigenvalue weighted by Gasteiger charge is -2.06. The average Bonchev–Trinajstić information content (AvgIpc) is 2.96. The highest BCUT2D eigenvalue weighted by molar-refractivity contribution is 6.31. The number of carbonyl (C=O) groups excluding carboxylic acids is 2. The molecule has 0 atom stereocenters. The minimum Gasteiger partial charge on any atom is -0.452 e. The lowest BCUT2D eigenvalue weighted by Crippen LogP contribution is -2.20. The summed E-state index contributed by atoms with van der Waals surface area (Å²) in [6.07, 6.45) is 4.20. The van der Waals surface area contributed by atoms with Crippen molar-refractivity contribution in [2.24, 2.45) is 0 Å². The van der Waals surface area contributed by atoms with Gasteiger partial charge >= 0.3 is 5.97 Å². The van der Waals surface area contributed by atoms with Gasteiger partial charge in [0.05, 0.1) is 11.4 Å². The molecule has 138 valence electrons. The Kier molecular flexibility index (Phi) is 5.46. The van der Waals surface area contributed by atoms with Gasteiger partial charge in [-0.2, -0.15) is 0 Å². The van der Waals surface area contributed by atoms with Crippen LogP contribution in [0.4, 0.5) is 14.5 Å². The van der Waals surface area contributed by atoms with Crippen LogP contribution in [-0.2, 0) is 14.3 Å². The number of carbonyl (C=O) groups is 2. The lowest BCUT2D eigenvalue weighted by molar-refractivity contribution is -0.142. The number of rotatable bonds is 5. The van der Waals surface area contributed by atoms with Crippen LogP contribution in [0.25, 0.3) is 11.7 Å². The topological polar surface area (TPSA) is 72.7 Å². The van der Waals surface area contributed by atoms with Crippen molar-refractivity contribution in [1.29, 1.82) is 0 Å². The highest BCUT2D eigenvalue weighted by Crippen LogP contribution is 2.19. The average molecular weight is 392 g/mol. The third-order valence-electron chi connectivity index (χ3n) is 3.45. The van der Waals surface area contributed by atoms with Gasteiger partial charge in [-0.1, -0.05) is 17.7 Å². The van der Waals surface area contributed by atoms with E-state index >= 15 is 0 Å². The monoisotopic (exact) mass is 391 g/mol. The van der Waals surface area contributed by atoms with E-state index in [9.17, 15) is 18.4 Å². The molecule has 0 unspecified atom stereocenters. The first-order valence-electron chi connectivity index (χ1n) is 7.66. The summed E-state index contributed by atoms with van der Waals surface area (Å²) in [6.45, 7) is -0.667. The Hall–Kier alpha value is -3.26. The molecule has 3 aromatic rings. The fourth-order valence-electron chi connectivity index (χ4n) is 2.25. The van der Waals surface area contributed by atoms with E-state index in [-0.39, 0.29) is 10.8 Å². The SMILES string of the molecule is O=C(COC(=O)/C=C/c1c(Cl)nc2ccccn12)Nc1cc(F)ccc1F. The van der Waals surface area contributed by atoms with E-state index in [1.165, 1.54) is 6.08 Å². The van der Waals surface area contributed by atoms with Gasteiger partial charge in [0, 0.05) is 18.3 Å². The predicted octanol–water partition coefficient (Wildman–Crippen LogP) is 3.46. The van der Waals surface area contributed by atoms with Crippen LogP contribution in [0.3, 0.4) is 0 Å². The molecular weight excluding hydrogens is 380 g/mol. The molecule has 0 aliphatic carbocycles. The zero-order valence-corrected chi connectivity index (χ0v) is 14.4. The molecule has 0 bridgehead atoms. The molecule has 0 aliphatic heterocycles. The number of ether oxygens (including phenoxy) is 1. The van der Waals surface area contributed by atoms with Gasteiger partial charge in [0.2, 0.25) is 0 Å². The summed E-state index contributed by atoms with van der Waals surface area (Å²) < 4.78 is 33.0. The molecule has 0 fully saturated rings. The van der Waals surface area contributed by atoms with E-state index in [0.717, 1.165) is 24.3 Å². The van der Waals surface area contributed by atoms with E-state index in [1.807, 2.05) is 0 Å². The minimum atomic E-state index is -0.813. The number of benzene rings is 1. The number of fused-ring (bicyclic) bond motifs is 1. The second-order valence-corrected chi connectivity index (χ2v) is 5.69. The smallest absolute Gasteiger partial charge is 0.331 e. The minimum absolute atomic E-state index is 0.199. The summed E-state index contributed by atoms with van der Waals surface area (Å²) in [5.41, 5.74) is 0.728. The van der Waals surface area contributed by atoms with Crippen LogP contribution in [0, 0.1) is 11.6 Å². The third-order valence-corrected chi connectivity index (χ3v) is 3.73. The number of esters is 1. The van der Waals surface area contributed by atoms with Gasteiger partial charge in [0.1, 0.15) is 17.3 Å². The molecular formula is C18H12ClF2N3O3. The molecule has 0 saturated heterocycles. The first-order valence-corrected chi connectivity index (χ1v) is 8.04. The maximum Gasteiger partial charge on any atom is 0.331 e. The number of hydrogen-bond acceptors (Lipinski definition) is 4. The molecule has 0 aliphatic rings. The van der Waals surface area contributed by atoms with E-state index < -0.39 is 30.1 Å². The number of imidazole rings is 1. The summed E-state index contributed by atoms with van der Waals surface area (Å²) >= 11 is 6.03. The Morgan fingerprint density at radius 3 is 2.89 bits per heavy atom. The molecule has 0 saturated carbocycles. The van der Waals surface area contributed by atoms with E-state index in [2.05, 4.69) is 10.3 Å². The summed E-state index contributed by atoms with van der Waals surface area (Å²) in [4.78, 5) is 27.6. The van der Waals surface area contributed by atoms with Crippen LogP contribution in [0.5, 0.6) is 0 Å². The lowest BCUT2D eigenvalue weighted by atomic mass is 10.3. The van der Waals surface area contributed by atoms with Gasteiger partial charge in [0.25, 0.3) is 5.91 Å². The molecule has 9 heteroatoms. The van der Waals surface area contributed by atoms with Crippen molar-refractivity contribution in [2.75, 3.05) is 11.9 Å². The summed E-state index contributed by atoms with van der Waals surface area (Å²) in [6, 6.07) is 7.93. The normalized spacial score (nSPS) is 11.1. The van der Waals surface area contributed by atoms with Crippen molar-refractivity contribution in [3.8, 4) is 0 Å². The molecule has 2 heterocycles. The standard InChI is InChI=1S/C18H12ClF2N3O3/c19-18-14(24-8-2-1-3-15(24)23-18)6-7-17(26)27-10-16(25)22-13-9-11(20)4-5-12(13)21/h1-9H,10H2,(H,22,25)/b7-6+. The van der Waals surface area contributed by atoms with Crippen LogP contribution in [0.15, 0.2) is 48.7 Å². The molecule has 2 aromatic heterocycles. The Bertz CT molecular complexity index is 1050. The molecule has 3 rings (SSSR count). The van der Waals surface area contributed by atoms with Crippen molar-refractivity contribution >= 4 is 40.9 Å². The Morgan fingerprint density at radius 1 is 1.26 bits per heavy atom. The number of pyridine rings is 1. The Morgan fingerprint density at radius 2 is 2.07 bits per heavy atom. The fourth-order valence-corrected chi connectivity index (χ4v) is 2.49. The van der Waals surface area contributed by atoms with Crippen molar-refractivity contribution in [3.63, 3.8) is 0 Å². The van der Waals surface area contributed by atoms with Crippen LogP contribution in [0.1, 0.15) is 5.69 Å². The first kappa shape index (κ1) is 18.5. The number of amides is 1. The third kappa shape index (κ3) is 4.48. The van der Waals surface area contributed by atoms with E-state index in [0.29, 0.717) is 11.3 Å². The number of nitrogens with one attached hydrogen (secondary N) is 1. The molecule has 0 radical (unpaired) electrons. The van der Waals surface area contributed by atoms with Crippen molar-refractivity contribution in [3.05, 3.63) is 71.2 Å². The summed E-state index contributed by atoms with van der Waals surface area (Å²) in [5, 5.41) is 2.32. The highest BCUT2D eigenvalue weighted by Gasteiger charge is 2.11. The maximum atomic E-state index is 13.5. The molecule has 6 nitrogen and oxygen atoms in total. The van der Waals surface area contributed by atoms with Crippen LogP contribution < -0.4 is 5.32 Å². The molecule has 27 heavy (non-hydrogen) atoms. The van der Waals surface area contributed by atoms with Crippen LogP contribution in [-0.4, -0.2) is 27.9 Å². The fraction of sp³-hybridized carbons (Fsp3) is 0.0556. The zero-order valence-electron chi connectivity index (χ0n) is 13.7. The quantitative estimate of drug-likeness (QED) is 0.534. The predicted molar refractivity (Wildman–Crippen MR) is 95.2 cm³/mol. The second kappa shape index (κ2) is 7.96. The number of nitrogens with zero attached hydrogens (tertiary/aromatic N) is 2. The summed E-state index contributed by atoms with van der Waals surface area (Å²) in [5.74, 6) is -3.14. The number of anilines is 1. The summed E-state index contributed by atoms with van der Waals surface area (Å²) in [7, 11) is 0. The Labute approximate surface area is 157 Å². The maximum absolute atomic E-state index is 13.5. The van der Waals surface area contributed by atoms with Gasteiger partial charge < -0.3 is 10.1 Å². The second-order valence-electron chi connectivity index (χ2n) is 5.33. The van der Waals surface area contributed by atoms with Crippen molar-refractivity contribution in [2.45, 2.75) is 0 Å². The van der Waals surface area contributed by atoms with Gasteiger partial charge in [-0.3, -0.25) is 9.20 Å². The Balaban J connectivity index is 1.59. The first-order chi connectivity index (χ1) is 12.9. The number of hydrogen-bond donors (Lipinski definition) is 1. The number of aromatic nitrogens is 2. The molecule has 1 N–H and O–H groups in total.